The molecule has 1 amide bonds. The highest BCUT2D eigenvalue weighted by Gasteiger charge is 2.27. The van der Waals surface area contributed by atoms with E-state index >= 15 is 0 Å². The zero-order valence-corrected chi connectivity index (χ0v) is 23.2. The van der Waals surface area contributed by atoms with Crippen molar-refractivity contribution in [3.8, 4) is 5.75 Å². The third-order valence-corrected chi connectivity index (χ3v) is 7.46. The fraction of sp³-hybridized carbons (Fsp3) is 0.188. The fourth-order valence-corrected chi connectivity index (χ4v) is 5.41. The molecule has 5 nitrogen and oxygen atoms in total. The Kier molecular flexibility index (Phi) is 10.1. The number of benzene rings is 4. The molecule has 4 rings (SSSR count). The lowest BCUT2D eigenvalue weighted by molar-refractivity contribution is -0.139. The fourth-order valence-electron chi connectivity index (χ4n) is 4.35. The van der Waals surface area contributed by atoms with E-state index < -0.39 is 5.97 Å². The highest BCUT2D eigenvalue weighted by atomic mass is 35.5. The first-order valence-corrected chi connectivity index (χ1v) is 14.0. The van der Waals surface area contributed by atoms with Crippen molar-refractivity contribution in [2.24, 2.45) is 0 Å². The number of amides is 1. The van der Waals surface area contributed by atoms with Crippen molar-refractivity contribution in [1.82, 2.24) is 4.90 Å². The molecule has 0 bridgehead atoms. The number of aliphatic carboxylic acids is 1. The second kappa shape index (κ2) is 13.9. The molecule has 0 radical (unpaired) electrons. The Morgan fingerprint density at radius 1 is 0.897 bits per heavy atom. The number of carboxylic acid groups (broad SMARTS) is 1. The predicted octanol–water partition coefficient (Wildman–Crippen LogP) is 7.41. The van der Waals surface area contributed by atoms with Gasteiger partial charge in [0.15, 0.2) is 6.61 Å². The van der Waals surface area contributed by atoms with Crippen molar-refractivity contribution in [2.75, 3.05) is 12.4 Å². The van der Waals surface area contributed by atoms with Crippen LogP contribution in [-0.4, -0.2) is 34.2 Å². The summed E-state index contributed by atoms with van der Waals surface area (Å²) in [5, 5.41) is 9.51. The van der Waals surface area contributed by atoms with Gasteiger partial charge in [-0.05, 0) is 59.5 Å². The smallest absolute Gasteiger partial charge is 0.341 e. The first kappa shape index (κ1) is 28.3. The Bertz CT molecular complexity index is 1340. The zero-order valence-electron chi connectivity index (χ0n) is 21.6. The molecule has 0 aromatic heterocycles. The van der Waals surface area contributed by atoms with Gasteiger partial charge in [-0.15, -0.1) is 11.8 Å². The number of nitrogens with zero attached hydrogens (tertiary/aromatic N) is 1. The lowest BCUT2D eigenvalue weighted by Crippen LogP contribution is -2.35. The maximum absolute atomic E-state index is 13.9. The van der Waals surface area contributed by atoms with Gasteiger partial charge >= 0.3 is 5.97 Å². The van der Waals surface area contributed by atoms with Crippen molar-refractivity contribution in [3.63, 3.8) is 0 Å². The minimum absolute atomic E-state index is 0.0493. The second-order valence-corrected chi connectivity index (χ2v) is 10.7. The maximum atomic E-state index is 13.9. The molecular formula is C32H30ClNO4S. The molecule has 4 aromatic carbocycles. The minimum Gasteiger partial charge on any atom is -0.482 e. The van der Waals surface area contributed by atoms with E-state index in [1.807, 2.05) is 84.6 Å². The maximum Gasteiger partial charge on any atom is 0.341 e. The summed E-state index contributed by atoms with van der Waals surface area (Å²) in [6.45, 7) is 1.95. The van der Waals surface area contributed by atoms with E-state index in [4.69, 9.17) is 21.4 Å². The van der Waals surface area contributed by atoms with Gasteiger partial charge in [0.25, 0.3) is 0 Å². The van der Waals surface area contributed by atoms with Gasteiger partial charge in [-0.3, -0.25) is 4.79 Å². The minimum atomic E-state index is -1.01. The summed E-state index contributed by atoms with van der Waals surface area (Å²) < 4.78 is 5.32. The summed E-state index contributed by atoms with van der Waals surface area (Å²) in [7, 11) is 0. The second-order valence-electron chi connectivity index (χ2n) is 9.08. The molecule has 0 fully saturated rings. The first-order chi connectivity index (χ1) is 18.9. The highest BCUT2D eigenvalue weighted by Crippen LogP contribution is 2.32. The zero-order chi connectivity index (χ0) is 27.6. The van der Waals surface area contributed by atoms with E-state index in [0.29, 0.717) is 29.5 Å². The van der Waals surface area contributed by atoms with Crippen LogP contribution in [0.1, 0.15) is 34.7 Å². The van der Waals surface area contributed by atoms with Crippen LogP contribution in [0.2, 0.25) is 5.02 Å². The molecule has 0 aliphatic heterocycles. The Balaban J connectivity index is 1.54. The van der Waals surface area contributed by atoms with Gasteiger partial charge in [-0.25, -0.2) is 4.79 Å². The number of hydrogen-bond donors (Lipinski definition) is 1. The third-order valence-electron chi connectivity index (χ3n) is 6.21. The number of carbonyl (C=O) groups excluding carboxylic acids is 1. The number of aryl methyl sites for hydroxylation is 1. The van der Waals surface area contributed by atoms with Crippen LogP contribution in [0.15, 0.2) is 108 Å². The Hall–Kier alpha value is -3.74. The Morgan fingerprint density at radius 2 is 1.51 bits per heavy atom. The van der Waals surface area contributed by atoms with Crippen LogP contribution >= 0.6 is 23.4 Å². The largest absolute Gasteiger partial charge is 0.482 e. The lowest BCUT2D eigenvalue weighted by atomic mass is 9.96. The van der Waals surface area contributed by atoms with Crippen LogP contribution in [0.25, 0.3) is 0 Å². The molecule has 0 heterocycles. The molecule has 39 heavy (non-hydrogen) atoms. The van der Waals surface area contributed by atoms with Gasteiger partial charge < -0.3 is 14.7 Å². The van der Waals surface area contributed by atoms with Gasteiger partial charge in [-0.1, -0.05) is 84.4 Å². The number of halogens is 1. The molecule has 4 aromatic rings. The van der Waals surface area contributed by atoms with Crippen molar-refractivity contribution in [2.45, 2.75) is 30.8 Å². The van der Waals surface area contributed by atoms with Crippen LogP contribution in [0, 0.1) is 6.92 Å². The van der Waals surface area contributed by atoms with Crippen molar-refractivity contribution in [3.05, 3.63) is 130 Å². The van der Waals surface area contributed by atoms with E-state index in [0.717, 1.165) is 27.1 Å². The average molecular weight is 560 g/mol. The summed E-state index contributed by atoms with van der Waals surface area (Å²) in [6.07, 6.45) is 0.352. The van der Waals surface area contributed by atoms with Crippen LogP contribution in [0.4, 0.5) is 0 Å². The molecule has 0 aliphatic rings. The Labute approximate surface area is 238 Å². The van der Waals surface area contributed by atoms with E-state index in [1.165, 1.54) is 0 Å². The summed E-state index contributed by atoms with van der Waals surface area (Å²) in [4.78, 5) is 27.6. The highest BCUT2D eigenvalue weighted by molar-refractivity contribution is 7.99. The van der Waals surface area contributed by atoms with Gasteiger partial charge in [-0.2, -0.15) is 0 Å². The van der Waals surface area contributed by atoms with E-state index in [9.17, 15) is 9.59 Å². The normalized spacial score (nSPS) is 10.8. The molecule has 0 spiro atoms. The number of hydrogen-bond acceptors (Lipinski definition) is 4. The van der Waals surface area contributed by atoms with Gasteiger partial charge in [0.1, 0.15) is 5.75 Å². The third kappa shape index (κ3) is 8.12. The van der Waals surface area contributed by atoms with E-state index in [-0.39, 0.29) is 18.6 Å². The first-order valence-electron chi connectivity index (χ1n) is 12.6. The average Bonchev–Trinajstić information content (AvgIpc) is 2.94. The quantitative estimate of drug-likeness (QED) is 0.183. The van der Waals surface area contributed by atoms with E-state index in [1.54, 1.807) is 17.8 Å². The number of rotatable bonds is 12. The molecule has 0 saturated heterocycles. The standard InChI is InChI=1S/C32H30ClNO4S/c1-23-20-28(16-17-29(23)38-22-31(36)37)39-19-18-30(35)34(21-24-12-14-27(33)15-13-24)32(25-8-4-2-5-9-25)26-10-6-3-7-11-26/h2-17,20,32H,18-19,21-22H2,1H3,(H,36,37). The van der Waals surface area contributed by atoms with Crippen LogP contribution in [-0.2, 0) is 16.1 Å². The van der Waals surface area contributed by atoms with Crippen molar-refractivity contribution in [1.29, 1.82) is 0 Å². The molecule has 0 atom stereocenters. The molecule has 1 N–H and O–H groups in total. The predicted molar refractivity (Wildman–Crippen MR) is 156 cm³/mol. The molecule has 200 valence electrons. The van der Waals surface area contributed by atoms with Gasteiger partial charge in [0, 0.05) is 28.6 Å². The molecule has 0 unspecified atom stereocenters. The summed E-state index contributed by atoms with van der Waals surface area (Å²) in [5.74, 6) is 0.175. The number of thioether (sulfide) groups is 1. The summed E-state index contributed by atoms with van der Waals surface area (Å²) in [5.41, 5.74) is 3.95. The molecule has 0 saturated carbocycles. The SMILES string of the molecule is Cc1cc(SCCC(=O)N(Cc2ccc(Cl)cc2)C(c2ccccc2)c2ccccc2)ccc1OCC(=O)O. The number of ether oxygens (including phenoxy) is 1. The molecule has 7 heteroatoms. The van der Waals surface area contributed by atoms with Crippen molar-refractivity contribution >= 4 is 35.2 Å². The number of carboxylic acids is 1. The lowest BCUT2D eigenvalue weighted by Gasteiger charge is -2.33. The molecular weight excluding hydrogens is 530 g/mol. The summed E-state index contributed by atoms with van der Waals surface area (Å²) >= 11 is 7.72. The topological polar surface area (TPSA) is 66.8 Å². The van der Waals surface area contributed by atoms with E-state index in [2.05, 4.69) is 24.3 Å². The van der Waals surface area contributed by atoms with Gasteiger partial charge in [0.2, 0.25) is 5.91 Å². The monoisotopic (exact) mass is 559 g/mol. The van der Waals surface area contributed by atoms with Crippen LogP contribution < -0.4 is 4.74 Å². The van der Waals surface area contributed by atoms with Gasteiger partial charge in [0.05, 0.1) is 6.04 Å². The molecule has 0 aliphatic carbocycles. The van der Waals surface area contributed by atoms with Crippen LogP contribution in [0.5, 0.6) is 5.75 Å². The Morgan fingerprint density at radius 3 is 2.08 bits per heavy atom. The summed E-state index contributed by atoms with van der Waals surface area (Å²) in [6, 6.07) is 33.2. The van der Waals surface area contributed by atoms with Crippen molar-refractivity contribution < 1.29 is 19.4 Å². The number of carbonyl (C=O) groups is 2. The van der Waals surface area contributed by atoms with Crippen LogP contribution in [0.3, 0.4) is 0 Å².